The first-order chi connectivity index (χ1) is 9.98. The van der Waals surface area contributed by atoms with Gasteiger partial charge in [-0.15, -0.1) is 0 Å². The summed E-state index contributed by atoms with van der Waals surface area (Å²) < 4.78 is 0. The molecule has 0 aromatic heterocycles. The molecule has 1 N–H and O–H groups in total. The van der Waals surface area contributed by atoms with Crippen molar-refractivity contribution in [3.63, 3.8) is 0 Å². The van der Waals surface area contributed by atoms with Gasteiger partial charge in [-0.2, -0.15) is 0 Å². The first-order valence-corrected chi connectivity index (χ1v) is 7.55. The Balaban J connectivity index is 2.15. The summed E-state index contributed by atoms with van der Waals surface area (Å²) in [5.41, 5.74) is 0.219. The van der Waals surface area contributed by atoms with E-state index in [1.165, 1.54) is 0 Å². The Labute approximate surface area is 125 Å². The van der Waals surface area contributed by atoms with Crippen LogP contribution in [0.1, 0.15) is 44.6 Å². The molecular formula is C17H23NO3. The van der Waals surface area contributed by atoms with Gasteiger partial charge in [0.05, 0.1) is 11.3 Å². The minimum Gasteiger partial charge on any atom is -0.481 e. The molecule has 21 heavy (non-hydrogen) atoms. The van der Waals surface area contributed by atoms with Crippen molar-refractivity contribution in [1.29, 1.82) is 0 Å². The van der Waals surface area contributed by atoms with Crippen molar-refractivity contribution in [3.05, 3.63) is 35.9 Å². The van der Waals surface area contributed by atoms with E-state index in [4.69, 9.17) is 0 Å². The third-order valence-electron chi connectivity index (χ3n) is 4.38. The fourth-order valence-corrected chi connectivity index (χ4v) is 2.95. The monoisotopic (exact) mass is 289 g/mol. The van der Waals surface area contributed by atoms with Crippen molar-refractivity contribution in [2.45, 2.75) is 39.0 Å². The molecule has 1 fully saturated rings. The number of carbonyl (C=O) groups excluding carboxylic acids is 1. The van der Waals surface area contributed by atoms with E-state index < -0.39 is 11.4 Å². The standard InChI is InChI=1S/C17H23NO3/c1-3-7-14(13-8-5-4-6-9-13)15(19)18-11-10-17(2,12-18)16(20)21/h4-6,8-9,14H,3,7,10-12H2,1-2H3,(H,20,21)/t14-,17+/m1/s1. The molecule has 1 amide bonds. The molecule has 0 aliphatic carbocycles. The number of nitrogens with zero attached hydrogens (tertiary/aromatic N) is 1. The molecule has 2 atom stereocenters. The first kappa shape index (κ1) is 15.5. The minimum atomic E-state index is -0.815. The number of hydrogen-bond acceptors (Lipinski definition) is 2. The smallest absolute Gasteiger partial charge is 0.311 e. The van der Waals surface area contributed by atoms with Crippen LogP contribution in [0.4, 0.5) is 0 Å². The molecule has 0 unspecified atom stereocenters. The SMILES string of the molecule is CCC[C@@H](C(=O)N1CC[C@](C)(C(=O)O)C1)c1ccccc1. The van der Waals surface area contributed by atoms with Crippen molar-refractivity contribution >= 4 is 11.9 Å². The van der Waals surface area contributed by atoms with Gasteiger partial charge in [0.15, 0.2) is 0 Å². The maximum atomic E-state index is 12.8. The van der Waals surface area contributed by atoms with Crippen molar-refractivity contribution in [1.82, 2.24) is 4.90 Å². The van der Waals surface area contributed by atoms with Crippen molar-refractivity contribution in [2.75, 3.05) is 13.1 Å². The highest BCUT2D eigenvalue weighted by atomic mass is 16.4. The molecule has 0 spiro atoms. The minimum absolute atomic E-state index is 0.0630. The summed E-state index contributed by atoms with van der Waals surface area (Å²) in [5.74, 6) is -0.912. The summed E-state index contributed by atoms with van der Waals surface area (Å²) in [6.45, 7) is 4.64. The third-order valence-corrected chi connectivity index (χ3v) is 4.38. The molecule has 1 aliphatic heterocycles. The molecule has 2 rings (SSSR count). The van der Waals surface area contributed by atoms with Crippen molar-refractivity contribution in [2.24, 2.45) is 5.41 Å². The second kappa shape index (κ2) is 6.29. The van der Waals surface area contributed by atoms with Gasteiger partial charge in [0.25, 0.3) is 0 Å². The van der Waals surface area contributed by atoms with Crippen LogP contribution in [0.5, 0.6) is 0 Å². The Morgan fingerprint density at radius 2 is 2.00 bits per heavy atom. The van der Waals surface area contributed by atoms with Gasteiger partial charge in [-0.3, -0.25) is 9.59 Å². The van der Waals surface area contributed by atoms with Gasteiger partial charge in [0.2, 0.25) is 5.91 Å². The van der Waals surface area contributed by atoms with E-state index in [1.807, 2.05) is 30.3 Å². The van der Waals surface area contributed by atoms with Gasteiger partial charge >= 0.3 is 5.97 Å². The van der Waals surface area contributed by atoms with Gasteiger partial charge in [-0.1, -0.05) is 43.7 Å². The van der Waals surface area contributed by atoms with Crippen LogP contribution < -0.4 is 0 Å². The van der Waals surface area contributed by atoms with E-state index in [0.717, 1.165) is 18.4 Å². The normalized spacial score (nSPS) is 23.0. The number of carboxylic acids is 1. The summed E-state index contributed by atoms with van der Waals surface area (Å²) in [6, 6.07) is 9.77. The molecule has 0 saturated carbocycles. The van der Waals surface area contributed by atoms with Crippen LogP contribution in [0, 0.1) is 5.41 Å². The van der Waals surface area contributed by atoms with Crippen LogP contribution in [-0.4, -0.2) is 35.0 Å². The van der Waals surface area contributed by atoms with E-state index in [0.29, 0.717) is 19.5 Å². The molecule has 1 aromatic rings. The molecule has 1 aromatic carbocycles. The van der Waals surface area contributed by atoms with Gasteiger partial charge in [0.1, 0.15) is 0 Å². The van der Waals surface area contributed by atoms with Gasteiger partial charge in [-0.25, -0.2) is 0 Å². The Morgan fingerprint density at radius 3 is 2.52 bits per heavy atom. The average Bonchev–Trinajstić information content (AvgIpc) is 2.89. The van der Waals surface area contributed by atoms with Crippen LogP contribution in [0.15, 0.2) is 30.3 Å². The lowest BCUT2D eigenvalue weighted by Gasteiger charge is -2.25. The summed E-state index contributed by atoms with van der Waals surface area (Å²) in [4.78, 5) is 25.8. The lowest BCUT2D eigenvalue weighted by Crippen LogP contribution is -2.37. The van der Waals surface area contributed by atoms with Gasteiger partial charge in [0, 0.05) is 13.1 Å². The molecule has 114 valence electrons. The fraction of sp³-hybridized carbons (Fsp3) is 0.529. The van der Waals surface area contributed by atoms with Crippen molar-refractivity contribution < 1.29 is 14.7 Å². The predicted octanol–water partition coefficient (Wildman–Crippen LogP) is 2.89. The fourth-order valence-electron chi connectivity index (χ4n) is 2.95. The van der Waals surface area contributed by atoms with E-state index in [-0.39, 0.29) is 11.8 Å². The highest BCUT2D eigenvalue weighted by molar-refractivity contribution is 5.85. The van der Waals surface area contributed by atoms with E-state index in [1.54, 1.807) is 11.8 Å². The number of amides is 1. The van der Waals surface area contributed by atoms with Gasteiger partial charge < -0.3 is 10.0 Å². The largest absolute Gasteiger partial charge is 0.481 e. The average molecular weight is 289 g/mol. The van der Waals surface area contributed by atoms with Crippen LogP contribution in [0.3, 0.4) is 0 Å². The maximum absolute atomic E-state index is 12.8. The zero-order valence-electron chi connectivity index (χ0n) is 12.7. The number of likely N-dealkylation sites (tertiary alicyclic amines) is 1. The second-order valence-electron chi connectivity index (χ2n) is 6.13. The number of carboxylic acid groups (broad SMARTS) is 1. The summed E-state index contributed by atoms with van der Waals surface area (Å²) in [6.07, 6.45) is 2.25. The maximum Gasteiger partial charge on any atom is 0.311 e. The number of benzene rings is 1. The van der Waals surface area contributed by atoms with Crippen molar-refractivity contribution in [3.8, 4) is 0 Å². The summed E-state index contributed by atoms with van der Waals surface area (Å²) in [7, 11) is 0. The van der Waals surface area contributed by atoms with Crippen LogP contribution in [0.2, 0.25) is 0 Å². The first-order valence-electron chi connectivity index (χ1n) is 7.55. The lowest BCUT2D eigenvalue weighted by atomic mass is 9.90. The lowest BCUT2D eigenvalue weighted by molar-refractivity contribution is -0.147. The highest BCUT2D eigenvalue weighted by Gasteiger charge is 2.43. The van der Waals surface area contributed by atoms with E-state index >= 15 is 0 Å². The van der Waals surface area contributed by atoms with Crippen LogP contribution in [-0.2, 0) is 9.59 Å². The van der Waals surface area contributed by atoms with E-state index in [9.17, 15) is 14.7 Å². The predicted molar refractivity (Wildman–Crippen MR) is 81.0 cm³/mol. The molecule has 4 heteroatoms. The van der Waals surface area contributed by atoms with Crippen LogP contribution in [0.25, 0.3) is 0 Å². The number of hydrogen-bond donors (Lipinski definition) is 1. The highest BCUT2D eigenvalue weighted by Crippen LogP contribution is 2.33. The number of aliphatic carboxylic acids is 1. The molecule has 1 saturated heterocycles. The van der Waals surface area contributed by atoms with Gasteiger partial charge in [-0.05, 0) is 25.3 Å². The Hall–Kier alpha value is -1.84. The van der Waals surface area contributed by atoms with Crippen LogP contribution >= 0.6 is 0 Å². The quantitative estimate of drug-likeness (QED) is 0.906. The number of rotatable bonds is 5. The zero-order chi connectivity index (χ0) is 15.5. The topological polar surface area (TPSA) is 57.6 Å². The zero-order valence-corrected chi connectivity index (χ0v) is 12.7. The van der Waals surface area contributed by atoms with E-state index in [2.05, 4.69) is 6.92 Å². The Morgan fingerprint density at radius 1 is 1.33 bits per heavy atom. The Bertz CT molecular complexity index is 514. The molecule has 0 bridgehead atoms. The molecule has 1 aliphatic rings. The summed E-state index contributed by atoms with van der Waals surface area (Å²) >= 11 is 0. The summed E-state index contributed by atoms with van der Waals surface area (Å²) in [5, 5.41) is 9.29. The molecule has 1 heterocycles. The molecule has 4 nitrogen and oxygen atoms in total. The molecule has 0 radical (unpaired) electrons. The Kier molecular flexibility index (Phi) is 4.66. The number of carbonyl (C=O) groups is 2. The molecular weight excluding hydrogens is 266 g/mol. The third kappa shape index (κ3) is 3.26. The second-order valence-corrected chi connectivity index (χ2v) is 6.13.